The molecule has 0 aliphatic carbocycles. The Balaban J connectivity index is 1.84. The number of nitrogens with one attached hydrogen (secondary N) is 1. The molecule has 0 saturated carbocycles. The summed E-state index contributed by atoms with van der Waals surface area (Å²) in [7, 11) is 3.19. The number of benzene rings is 2. The van der Waals surface area contributed by atoms with E-state index in [0.29, 0.717) is 13.2 Å². The van der Waals surface area contributed by atoms with Crippen molar-refractivity contribution in [3.05, 3.63) is 59.4 Å². The van der Waals surface area contributed by atoms with Gasteiger partial charge in [0.05, 0.1) is 25.4 Å². The van der Waals surface area contributed by atoms with Crippen LogP contribution in [-0.4, -0.2) is 55.4 Å². The predicted octanol–water partition coefficient (Wildman–Crippen LogP) is 3.03. The van der Waals surface area contributed by atoms with Crippen LogP contribution in [0.5, 0.6) is 5.75 Å². The van der Waals surface area contributed by atoms with Crippen LogP contribution in [0.25, 0.3) is 0 Å². The fourth-order valence-corrected chi connectivity index (χ4v) is 2.68. The lowest BCUT2D eigenvalue weighted by molar-refractivity contribution is -0.131. The third kappa shape index (κ3) is 6.48. The van der Waals surface area contributed by atoms with Crippen molar-refractivity contribution in [3.8, 4) is 5.75 Å². The number of carbonyl (C=O) groups is 2. The molecule has 0 aliphatic rings. The third-order valence-electron chi connectivity index (χ3n) is 4.21. The summed E-state index contributed by atoms with van der Waals surface area (Å²) in [5, 5.41) is 2.17. The summed E-state index contributed by atoms with van der Waals surface area (Å²) in [4.78, 5) is 27.4. The van der Waals surface area contributed by atoms with E-state index in [-0.39, 0.29) is 19.0 Å². The van der Waals surface area contributed by atoms with Crippen molar-refractivity contribution in [2.45, 2.75) is 13.5 Å². The van der Waals surface area contributed by atoms with Gasteiger partial charge in [0.15, 0.2) is 17.5 Å². The van der Waals surface area contributed by atoms with Crippen molar-refractivity contribution >= 4 is 17.5 Å². The standard InChI is InChI=1S/C21H24F3N3O3/c1-4-30-15-7-5-14(6-8-15)11-27(3)19(29)13-26(2)12-18(28)25-17-10-9-16(22)20(23)21(17)24/h5-10H,4,11-13H2,1-3H3,(H,25,28). The molecule has 0 saturated heterocycles. The van der Waals surface area contributed by atoms with Crippen molar-refractivity contribution in [1.82, 2.24) is 9.80 Å². The maximum absolute atomic E-state index is 13.6. The molecular formula is C21H24F3N3O3. The first-order valence-corrected chi connectivity index (χ1v) is 9.28. The lowest BCUT2D eigenvalue weighted by atomic mass is 10.2. The number of hydrogen-bond donors (Lipinski definition) is 1. The number of likely N-dealkylation sites (N-methyl/N-ethyl adjacent to an activating group) is 2. The second-order valence-electron chi connectivity index (χ2n) is 6.77. The lowest BCUT2D eigenvalue weighted by Gasteiger charge is -2.22. The largest absolute Gasteiger partial charge is 0.494 e. The van der Waals surface area contributed by atoms with Gasteiger partial charge in [0.25, 0.3) is 0 Å². The van der Waals surface area contributed by atoms with Gasteiger partial charge in [-0.05, 0) is 43.8 Å². The second-order valence-corrected chi connectivity index (χ2v) is 6.77. The van der Waals surface area contributed by atoms with E-state index in [1.807, 2.05) is 31.2 Å². The minimum Gasteiger partial charge on any atom is -0.494 e. The smallest absolute Gasteiger partial charge is 0.238 e. The Labute approximate surface area is 173 Å². The number of amides is 2. The molecule has 2 amide bonds. The van der Waals surface area contributed by atoms with Gasteiger partial charge < -0.3 is 15.0 Å². The highest BCUT2D eigenvalue weighted by Gasteiger charge is 2.18. The molecule has 6 nitrogen and oxygen atoms in total. The second kappa shape index (κ2) is 10.6. The van der Waals surface area contributed by atoms with Crippen LogP contribution in [0.1, 0.15) is 12.5 Å². The fraction of sp³-hybridized carbons (Fsp3) is 0.333. The zero-order valence-corrected chi connectivity index (χ0v) is 17.0. The summed E-state index contributed by atoms with van der Waals surface area (Å²) in [5.74, 6) is -4.62. The summed E-state index contributed by atoms with van der Waals surface area (Å²) >= 11 is 0. The van der Waals surface area contributed by atoms with Crippen LogP contribution in [0.4, 0.5) is 18.9 Å². The van der Waals surface area contributed by atoms with Gasteiger partial charge in [-0.1, -0.05) is 12.1 Å². The molecule has 0 fully saturated rings. The van der Waals surface area contributed by atoms with Crippen LogP contribution in [0.3, 0.4) is 0 Å². The first-order chi connectivity index (χ1) is 14.2. The van der Waals surface area contributed by atoms with Gasteiger partial charge >= 0.3 is 0 Å². The Kier molecular flexibility index (Phi) is 8.23. The van der Waals surface area contributed by atoms with Gasteiger partial charge in [-0.15, -0.1) is 0 Å². The molecule has 0 spiro atoms. The third-order valence-corrected chi connectivity index (χ3v) is 4.21. The lowest BCUT2D eigenvalue weighted by Crippen LogP contribution is -2.39. The van der Waals surface area contributed by atoms with Crippen molar-refractivity contribution < 1.29 is 27.5 Å². The van der Waals surface area contributed by atoms with Crippen LogP contribution in [0.15, 0.2) is 36.4 Å². The molecule has 0 radical (unpaired) electrons. The van der Waals surface area contributed by atoms with E-state index in [1.165, 1.54) is 9.80 Å². The highest BCUT2D eigenvalue weighted by atomic mass is 19.2. The summed E-state index contributed by atoms with van der Waals surface area (Å²) in [6, 6.07) is 9.03. The minimum atomic E-state index is -1.66. The van der Waals surface area contributed by atoms with Crippen molar-refractivity contribution in [1.29, 1.82) is 0 Å². The van der Waals surface area contributed by atoms with E-state index in [1.54, 1.807) is 14.1 Å². The molecule has 0 aliphatic heterocycles. The first kappa shape index (κ1) is 23.2. The van der Waals surface area contributed by atoms with Gasteiger partial charge in [0.2, 0.25) is 11.8 Å². The highest BCUT2D eigenvalue weighted by Crippen LogP contribution is 2.19. The monoisotopic (exact) mass is 423 g/mol. The summed E-state index contributed by atoms with van der Waals surface area (Å²) in [5.41, 5.74) is 0.453. The molecule has 2 rings (SSSR count). The van der Waals surface area contributed by atoms with E-state index in [2.05, 4.69) is 5.32 Å². The minimum absolute atomic E-state index is 0.0544. The van der Waals surface area contributed by atoms with Gasteiger partial charge in [-0.25, -0.2) is 13.2 Å². The number of halogens is 3. The van der Waals surface area contributed by atoms with E-state index in [0.717, 1.165) is 23.4 Å². The molecule has 2 aromatic rings. The Morgan fingerprint density at radius 2 is 1.63 bits per heavy atom. The SMILES string of the molecule is CCOc1ccc(CN(C)C(=O)CN(C)CC(=O)Nc2ccc(F)c(F)c2F)cc1. The first-order valence-electron chi connectivity index (χ1n) is 9.28. The molecule has 0 aromatic heterocycles. The zero-order valence-electron chi connectivity index (χ0n) is 17.0. The molecule has 30 heavy (non-hydrogen) atoms. The maximum atomic E-state index is 13.6. The van der Waals surface area contributed by atoms with Gasteiger partial charge in [0.1, 0.15) is 5.75 Å². The molecule has 162 valence electrons. The summed E-state index contributed by atoms with van der Waals surface area (Å²) in [6.07, 6.45) is 0. The summed E-state index contributed by atoms with van der Waals surface area (Å²) < 4.78 is 45.2. The van der Waals surface area contributed by atoms with E-state index < -0.39 is 29.0 Å². The van der Waals surface area contributed by atoms with Crippen LogP contribution in [0.2, 0.25) is 0 Å². The number of ether oxygens (including phenoxy) is 1. The molecule has 0 unspecified atom stereocenters. The molecule has 2 aromatic carbocycles. The Bertz CT molecular complexity index is 891. The van der Waals surface area contributed by atoms with Crippen molar-refractivity contribution in [3.63, 3.8) is 0 Å². The quantitative estimate of drug-likeness (QED) is 0.630. The normalized spacial score (nSPS) is 10.8. The average Bonchev–Trinajstić information content (AvgIpc) is 2.70. The van der Waals surface area contributed by atoms with Crippen LogP contribution in [0, 0.1) is 17.5 Å². The summed E-state index contributed by atoms with van der Waals surface area (Å²) in [6.45, 7) is 2.56. The van der Waals surface area contributed by atoms with Gasteiger partial charge in [0, 0.05) is 13.6 Å². The molecule has 0 bridgehead atoms. The fourth-order valence-electron chi connectivity index (χ4n) is 2.68. The van der Waals surface area contributed by atoms with E-state index in [4.69, 9.17) is 4.74 Å². The number of anilines is 1. The molecule has 9 heteroatoms. The van der Waals surface area contributed by atoms with Crippen LogP contribution >= 0.6 is 0 Å². The number of hydrogen-bond acceptors (Lipinski definition) is 4. The Morgan fingerprint density at radius 1 is 0.967 bits per heavy atom. The van der Waals surface area contributed by atoms with Crippen molar-refractivity contribution in [2.75, 3.05) is 39.1 Å². The molecular weight excluding hydrogens is 399 g/mol. The number of rotatable bonds is 9. The predicted molar refractivity (Wildman–Crippen MR) is 107 cm³/mol. The topological polar surface area (TPSA) is 61.9 Å². The molecule has 0 heterocycles. The van der Waals surface area contributed by atoms with E-state index >= 15 is 0 Å². The highest BCUT2D eigenvalue weighted by molar-refractivity contribution is 5.92. The Hall–Kier alpha value is -3.07. The van der Waals surface area contributed by atoms with Crippen LogP contribution in [-0.2, 0) is 16.1 Å². The molecule has 0 atom stereocenters. The van der Waals surface area contributed by atoms with Gasteiger partial charge in [-0.3, -0.25) is 14.5 Å². The maximum Gasteiger partial charge on any atom is 0.238 e. The average molecular weight is 423 g/mol. The molecule has 1 N–H and O–H groups in total. The number of carbonyl (C=O) groups excluding carboxylic acids is 2. The van der Waals surface area contributed by atoms with Crippen molar-refractivity contribution in [2.24, 2.45) is 0 Å². The number of nitrogens with zero attached hydrogens (tertiary/aromatic N) is 2. The Morgan fingerprint density at radius 3 is 2.27 bits per heavy atom. The van der Waals surface area contributed by atoms with Gasteiger partial charge in [-0.2, -0.15) is 0 Å². The van der Waals surface area contributed by atoms with E-state index in [9.17, 15) is 22.8 Å². The zero-order chi connectivity index (χ0) is 22.3. The van der Waals surface area contributed by atoms with Crippen LogP contribution < -0.4 is 10.1 Å².